The number of carbonyl (C=O) groups is 2. The van der Waals surface area contributed by atoms with Gasteiger partial charge in [-0.25, -0.2) is 14.2 Å². The van der Waals surface area contributed by atoms with Gasteiger partial charge >= 0.3 is 6.09 Å². The molecule has 0 bridgehead atoms. The molecule has 0 saturated carbocycles. The first-order valence-corrected chi connectivity index (χ1v) is 8.96. The Morgan fingerprint density at radius 1 is 1.38 bits per heavy atom. The van der Waals surface area contributed by atoms with Gasteiger partial charge in [0.15, 0.2) is 23.3 Å². The van der Waals surface area contributed by atoms with Gasteiger partial charge < -0.3 is 14.4 Å². The van der Waals surface area contributed by atoms with Crippen molar-refractivity contribution in [3.63, 3.8) is 0 Å². The molecular formula is C17H18FN3O4S. The molecule has 1 aromatic heterocycles. The average Bonchev–Trinajstić information content (AvgIpc) is 3.02. The zero-order chi connectivity index (χ0) is 18.5. The minimum Gasteiger partial charge on any atom is -0.481 e. The predicted octanol–water partition coefficient (Wildman–Crippen LogP) is 2.81. The Morgan fingerprint density at radius 3 is 2.96 bits per heavy atom. The minimum atomic E-state index is -0.524. The number of fused-ring (bicyclic) bond motifs is 1. The molecule has 1 N–H and O–H groups in total. The van der Waals surface area contributed by atoms with Crippen LogP contribution in [0.15, 0.2) is 24.3 Å². The molecule has 1 aliphatic rings. The molecule has 0 unspecified atom stereocenters. The van der Waals surface area contributed by atoms with Crippen LogP contribution in [0.5, 0.6) is 5.75 Å². The van der Waals surface area contributed by atoms with Gasteiger partial charge in [0.2, 0.25) is 0 Å². The highest BCUT2D eigenvalue weighted by atomic mass is 32.1. The van der Waals surface area contributed by atoms with Gasteiger partial charge in [0.25, 0.3) is 5.91 Å². The van der Waals surface area contributed by atoms with Crippen molar-refractivity contribution in [3.05, 3.63) is 40.7 Å². The van der Waals surface area contributed by atoms with Crippen molar-refractivity contribution >= 4 is 28.5 Å². The normalized spacial score (nSPS) is 13.1. The highest BCUT2D eigenvalue weighted by molar-refractivity contribution is 7.15. The number of hydrogen-bond acceptors (Lipinski definition) is 6. The molecule has 3 rings (SSSR count). The Kier molecular flexibility index (Phi) is 5.67. The Hall–Kier alpha value is -2.68. The first kappa shape index (κ1) is 18.1. The number of nitrogens with zero attached hydrogens (tertiary/aromatic N) is 2. The van der Waals surface area contributed by atoms with E-state index in [4.69, 9.17) is 9.47 Å². The molecule has 0 spiro atoms. The summed E-state index contributed by atoms with van der Waals surface area (Å²) in [7, 11) is 0. The van der Waals surface area contributed by atoms with E-state index in [1.807, 2.05) is 0 Å². The summed E-state index contributed by atoms with van der Waals surface area (Å²) in [6.45, 7) is 2.71. The quantitative estimate of drug-likeness (QED) is 0.864. The maximum absolute atomic E-state index is 13.5. The number of carbonyl (C=O) groups excluding carboxylic acids is 2. The molecule has 1 aliphatic heterocycles. The fraction of sp³-hybridized carbons (Fsp3) is 0.353. The monoisotopic (exact) mass is 379 g/mol. The van der Waals surface area contributed by atoms with E-state index in [1.54, 1.807) is 24.0 Å². The van der Waals surface area contributed by atoms with E-state index >= 15 is 0 Å². The summed E-state index contributed by atoms with van der Waals surface area (Å²) in [6.07, 6.45) is 0.252. The Labute approximate surface area is 153 Å². The SMILES string of the molecule is CCOC(=O)N1CCc2nc(NC(=O)COc3ccccc3F)sc2C1. The molecule has 0 radical (unpaired) electrons. The zero-order valence-corrected chi connectivity index (χ0v) is 15.0. The second kappa shape index (κ2) is 8.13. The van der Waals surface area contributed by atoms with E-state index in [0.29, 0.717) is 31.2 Å². The molecule has 2 amide bonds. The molecule has 138 valence electrons. The van der Waals surface area contributed by atoms with Crippen molar-refractivity contribution in [2.24, 2.45) is 0 Å². The summed E-state index contributed by atoms with van der Waals surface area (Å²) in [5.41, 5.74) is 0.862. The van der Waals surface area contributed by atoms with Crippen LogP contribution in [-0.2, 0) is 22.5 Å². The lowest BCUT2D eigenvalue weighted by molar-refractivity contribution is -0.118. The number of halogens is 1. The van der Waals surface area contributed by atoms with Crippen LogP contribution in [0.2, 0.25) is 0 Å². The third-order valence-corrected chi connectivity index (χ3v) is 4.70. The van der Waals surface area contributed by atoms with Crippen molar-refractivity contribution < 1.29 is 23.5 Å². The van der Waals surface area contributed by atoms with Crippen molar-refractivity contribution in [2.45, 2.75) is 19.9 Å². The number of ether oxygens (including phenoxy) is 2. The Bertz CT molecular complexity index is 811. The number of anilines is 1. The molecule has 7 nitrogen and oxygen atoms in total. The number of hydrogen-bond donors (Lipinski definition) is 1. The minimum absolute atomic E-state index is 0.0196. The smallest absolute Gasteiger partial charge is 0.410 e. The summed E-state index contributed by atoms with van der Waals surface area (Å²) < 4.78 is 23.6. The molecule has 26 heavy (non-hydrogen) atoms. The largest absolute Gasteiger partial charge is 0.481 e. The summed E-state index contributed by atoms with van der Waals surface area (Å²) in [5.74, 6) is -0.933. The number of thiazole rings is 1. The van der Waals surface area contributed by atoms with Gasteiger partial charge in [-0.15, -0.1) is 0 Å². The maximum atomic E-state index is 13.5. The Balaban J connectivity index is 1.56. The van der Waals surface area contributed by atoms with E-state index in [1.165, 1.54) is 23.5 Å². The number of amides is 2. The molecule has 9 heteroatoms. The van der Waals surface area contributed by atoms with Gasteiger partial charge in [-0.2, -0.15) is 0 Å². The van der Waals surface area contributed by atoms with Crippen molar-refractivity contribution in [1.29, 1.82) is 0 Å². The van der Waals surface area contributed by atoms with Crippen LogP contribution in [0.1, 0.15) is 17.5 Å². The number of benzene rings is 1. The van der Waals surface area contributed by atoms with E-state index in [9.17, 15) is 14.0 Å². The highest BCUT2D eigenvalue weighted by Crippen LogP contribution is 2.28. The lowest BCUT2D eigenvalue weighted by atomic mass is 10.2. The first-order valence-electron chi connectivity index (χ1n) is 8.14. The van der Waals surface area contributed by atoms with Crippen molar-refractivity contribution in [3.8, 4) is 5.75 Å². The fourth-order valence-corrected chi connectivity index (χ4v) is 3.52. The van der Waals surface area contributed by atoms with E-state index in [0.717, 1.165) is 10.6 Å². The topological polar surface area (TPSA) is 80.8 Å². The van der Waals surface area contributed by atoms with Crippen LogP contribution < -0.4 is 10.1 Å². The van der Waals surface area contributed by atoms with Crippen LogP contribution in [0.4, 0.5) is 14.3 Å². The summed E-state index contributed by atoms with van der Waals surface area (Å²) in [5, 5.41) is 3.08. The number of aromatic nitrogens is 1. The molecule has 0 aliphatic carbocycles. The Morgan fingerprint density at radius 2 is 2.19 bits per heavy atom. The van der Waals surface area contributed by atoms with Crippen molar-refractivity contribution in [1.82, 2.24) is 9.88 Å². The molecule has 2 heterocycles. The lowest BCUT2D eigenvalue weighted by Crippen LogP contribution is -2.35. The predicted molar refractivity (Wildman–Crippen MR) is 93.8 cm³/mol. The van der Waals surface area contributed by atoms with Crippen LogP contribution in [0, 0.1) is 5.82 Å². The van der Waals surface area contributed by atoms with Gasteiger partial charge in [-0.05, 0) is 19.1 Å². The summed E-state index contributed by atoms with van der Waals surface area (Å²) in [6, 6.07) is 5.88. The molecule has 0 fully saturated rings. The third kappa shape index (κ3) is 4.29. The summed E-state index contributed by atoms with van der Waals surface area (Å²) in [4.78, 5) is 30.7. The second-order valence-corrected chi connectivity index (χ2v) is 6.61. The number of para-hydroxylation sites is 1. The molecule has 2 aromatic rings. The van der Waals surface area contributed by atoms with Gasteiger partial charge in [-0.1, -0.05) is 23.5 Å². The van der Waals surface area contributed by atoms with Gasteiger partial charge in [-0.3, -0.25) is 10.1 Å². The number of rotatable bonds is 5. The van der Waals surface area contributed by atoms with Crippen molar-refractivity contribution in [2.75, 3.05) is 25.1 Å². The van der Waals surface area contributed by atoms with Crippen LogP contribution >= 0.6 is 11.3 Å². The molecule has 0 atom stereocenters. The van der Waals surface area contributed by atoms with E-state index < -0.39 is 11.7 Å². The molecule has 1 aromatic carbocycles. The lowest BCUT2D eigenvalue weighted by Gasteiger charge is -2.24. The standard InChI is InChI=1S/C17H18FN3O4S/c1-2-24-17(23)21-8-7-12-14(9-21)26-16(19-12)20-15(22)10-25-13-6-4-3-5-11(13)18/h3-6H,2,7-10H2,1H3,(H,19,20,22). The van der Waals surface area contributed by atoms with Gasteiger partial charge in [0, 0.05) is 17.8 Å². The third-order valence-electron chi connectivity index (χ3n) is 3.70. The van der Waals surface area contributed by atoms with Crippen LogP contribution in [0.3, 0.4) is 0 Å². The molecular weight excluding hydrogens is 361 g/mol. The fourth-order valence-electron chi connectivity index (χ4n) is 2.48. The average molecular weight is 379 g/mol. The zero-order valence-electron chi connectivity index (χ0n) is 14.2. The maximum Gasteiger partial charge on any atom is 0.410 e. The van der Waals surface area contributed by atoms with Crippen LogP contribution in [-0.4, -0.2) is 41.6 Å². The number of nitrogens with one attached hydrogen (secondary N) is 1. The van der Waals surface area contributed by atoms with E-state index in [-0.39, 0.29) is 18.4 Å². The second-order valence-electron chi connectivity index (χ2n) is 5.53. The molecule has 0 saturated heterocycles. The van der Waals surface area contributed by atoms with E-state index in [2.05, 4.69) is 10.3 Å². The van der Waals surface area contributed by atoms with Gasteiger partial charge in [0.1, 0.15) is 0 Å². The highest BCUT2D eigenvalue weighted by Gasteiger charge is 2.25. The summed E-state index contributed by atoms with van der Waals surface area (Å²) >= 11 is 1.31. The first-order chi connectivity index (χ1) is 12.6. The van der Waals surface area contributed by atoms with Gasteiger partial charge in [0.05, 0.1) is 18.8 Å². The van der Waals surface area contributed by atoms with Crippen LogP contribution in [0.25, 0.3) is 0 Å².